The largest absolute Gasteiger partial charge is 0.494 e. The van der Waals surface area contributed by atoms with Gasteiger partial charge >= 0.3 is 0 Å². The summed E-state index contributed by atoms with van der Waals surface area (Å²) in [5.74, 6) is 0.302. The molecule has 0 saturated heterocycles. The molecule has 0 bridgehead atoms. The monoisotopic (exact) mass is 280 g/mol. The molecule has 0 aliphatic rings. The van der Waals surface area contributed by atoms with Crippen LogP contribution in [0.3, 0.4) is 0 Å². The van der Waals surface area contributed by atoms with Crippen LogP contribution in [0.4, 0.5) is 0 Å². The molecule has 2 aromatic carbocycles. The van der Waals surface area contributed by atoms with Gasteiger partial charge in [0.15, 0.2) is 0 Å². The first-order chi connectivity index (χ1) is 8.63. The van der Waals surface area contributed by atoms with E-state index in [1.165, 1.54) is 7.11 Å². The molecule has 0 atom stereocenters. The van der Waals surface area contributed by atoms with Crippen molar-refractivity contribution >= 4 is 28.4 Å². The SMILES string of the molecule is COc1c(Cl)cc(-c2ccccc2)cc1C(=O)Cl. The smallest absolute Gasteiger partial charge is 0.256 e. The molecule has 0 radical (unpaired) electrons. The number of halogens is 2. The van der Waals surface area contributed by atoms with Gasteiger partial charge in [-0.25, -0.2) is 0 Å². The van der Waals surface area contributed by atoms with E-state index in [4.69, 9.17) is 27.9 Å². The van der Waals surface area contributed by atoms with Crippen LogP contribution in [-0.2, 0) is 0 Å². The standard InChI is InChI=1S/C14H10Cl2O2/c1-18-13-11(14(16)17)7-10(8-12(13)15)9-5-3-2-4-6-9/h2-8H,1H3. The Kier molecular flexibility index (Phi) is 3.90. The fourth-order valence-corrected chi connectivity index (χ4v) is 2.18. The molecule has 0 saturated carbocycles. The van der Waals surface area contributed by atoms with Crippen LogP contribution in [-0.4, -0.2) is 12.4 Å². The van der Waals surface area contributed by atoms with Crippen molar-refractivity contribution in [2.24, 2.45) is 0 Å². The van der Waals surface area contributed by atoms with E-state index in [-0.39, 0.29) is 5.56 Å². The van der Waals surface area contributed by atoms with Crippen molar-refractivity contribution < 1.29 is 9.53 Å². The maximum atomic E-state index is 11.4. The Morgan fingerprint density at radius 3 is 2.33 bits per heavy atom. The third-order valence-electron chi connectivity index (χ3n) is 2.57. The molecule has 0 spiro atoms. The number of methoxy groups -OCH3 is 1. The molecule has 0 aliphatic heterocycles. The van der Waals surface area contributed by atoms with Crippen molar-refractivity contribution in [1.82, 2.24) is 0 Å². The Hall–Kier alpha value is -1.51. The molecule has 2 rings (SSSR count). The average Bonchev–Trinajstić information content (AvgIpc) is 2.38. The number of benzene rings is 2. The third-order valence-corrected chi connectivity index (χ3v) is 3.05. The number of carbonyl (C=O) groups is 1. The molecule has 2 nitrogen and oxygen atoms in total. The molecule has 92 valence electrons. The molecule has 0 amide bonds. The second-order valence-corrected chi connectivity index (χ2v) is 4.43. The summed E-state index contributed by atoms with van der Waals surface area (Å²) in [6.07, 6.45) is 0. The van der Waals surface area contributed by atoms with Crippen molar-refractivity contribution in [2.75, 3.05) is 7.11 Å². The van der Waals surface area contributed by atoms with Gasteiger partial charge in [0.25, 0.3) is 5.24 Å². The Balaban J connectivity index is 2.62. The Bertz CT molecular complexity index is 580. The number of rotatable bonds is 3. The minimum atomic E-state index is -0.591. The summed E-state index contributed by atoms with van der Waals surface area (Å²) in [5, 5.41) is -0.227. The van der Waals surface area contributed by atoms with Crippen LogP contribution < -0.4 is 4.74 Å². The second-order valence-electron chi connectivity index (χ2n) is 3.68. The van der Waals surface area contributed by atoms with Crippen LogP contribution in [0.5, 0.6) is 5.75 Å². The molecule has 0 fully saturated rings. The summed E-state index contributed by atoms with van der Waals surface area (Å²) in [6.45, 7) is 0. The molecular weight excluding hydrogens is 271 g/mol. The molecular formula is C14H10Cl2O2. The zero-order valence-electron chi connectivity index (χ0n) is 9.61. The fourth-order valence-electron chi connectivity index (χ4n) is 1.74. The Morgan fingerprint density at radius 2 is 1.78 bits per heavy atom. The molecule has 0 N–H and O–H groups in total. The molecule has 4 heteroatoms. The van der Waals surface area contributed by atoms with E-state index >= 15 is 0 Å². The topological polar surface area (TPSA) is 26.3 Å². The van der Waals surface area contributed by atoms with Crippen molar-refractivity contribution in [3.05, 3.63) is 53.1 Å². The van der Waals surface area contributed by atoms with Gasteiger partial charge in [0, 0.05) is 0 Å². The number of hydrogen-bond donors (Lipinski definition) is 0. The predicted molar refractivity (Wildman–Crippen MR) is 73.6 cm³/mol. The fraction of sp³-hybridized carbons (Fsp3) is 0.0714. The Morgan fingerprint density at radius 1 is 1.11 bits per heavy atom. The number of carbonyl (C=O) groups excluding carboxylic acids is 1. The van der Waals surface area contributed by atoms with Gasteiger partial charge in [0.1, 0.15) is 5.75 Å². The Labute approximate surface area is 115 Å². The van der Waals surface area contributed by atoms with E-state index in [0.29, 0.717) is 10.8 Å². The lowest BCUT2D eigenvalue weighted by atomic mass is 10.0. The lowest BCUT2D eigenvalue weighted by Gasteiger charge is -2.10. The van der Waals surface area contributed by atoms with Crippen LogP contribution in [0.1, 0.15) is 10.4 Å². The summed E-state index contributed by atoms with van der Waals surface area (Å²) in [5.41, 5.74) is 2.05. The molecule has 0 aliphatic carbocycles. The number of hydrogen-bond acceptors (Lipinski definition) is 2. The van der Waals surface area contributed by atoms with Gasteiger partial charge in [-0.2, -0.15) is 0 Å². The lowest BCUT2D eigenvalue weighted by Crippen LogP contribution is -1.97. The highest BCUT2D eigenvalue weighted by Crippen LogP contribution is 2.35. The van der Waals surface area contributed by atoms with Crippen molar-refractivity contribution in [3.63, 3.8) is 0 Å². The minimum Gasteiger partial charge on any atom is -0.494 e. The zero-order valence-corrected chi connectivity index (χ0v) is 11.1. The van der Waals surface area contributed by atoms with Gasteiger partial charge in [-0.1, -0.05) is 41.9 Å². The highest BCUT2D eigenvalue weighted by molar-refractivity contribution is 6.68. The summed E-state index contributed by atoms with van der Waals surface area (Å²) in [4.78, 5) is 11.4. The first-order valence-electron chi connectivity index (χ1n) is 5.26. The van der Waals surface area contributed by atoms with E-state index in [1.54, 1.807) is 12.1 Å². The average molecular weight is 281 g/mol. The van der Waals surface area contributed by atoms with Gasteiger partial charge in [-0.15, -0.1) is 0 Å². The van der Waals surface area contributed by atoms with Gasteiger partial charge in [0.05, 0.1) is 17.7 Å². The maximum Gasteiger partial charge on any atom is 0.256 e. The molecule has 0 aromatic heterocycles. The normalized spacial score (nSPS) is 10.2. The number of ether oxygens (including phenoxy) is 1. The summed E-state index contributed by atoms with van der Waals surface area (Å²) in [6, 6.07) is 13.0. The van der Waals surface area contributed by atoms with Crippen LogP contribution in [0.25, 0.3) is 11.1 Å². The molecule has 0 unspecified atom stereocenters. The van der Waals surface area contributed by atoms with Gasteiger partial charge < -0.3 is 4.74 Å². The lowest BCUT2D eigenvalue weighted by molar-refractivity contribution is 0.107. The highest BCUT2D eigenvalue weighted by atomic mass is 35.5. The van der Waals surface area contributed by atoms with E-state index in [1.807, 2.05) is 30.3 Å². The van der Waals surface area contributed by atoms with E-state index in [9.17, 15) is 4.79 Å². The van der Waals surface area contributed by atoms with Crippen LogP contribution in [0.2, 0.25) is 5.02 Å². The quantitative estimate of drug-likeness (QED) is 0.780. The first kappa shape index (κ1) is 12.9. The van der Waals surface area contributed by atoms with E-state index < -0.39 is 5.24 Å². The zero-order chi connectivity index (χ0) is 13.1. The van der Waals surface area contributed by atoms with E-state index in [2.05, 4.69) is 0 Å². The van der Waals surface area contributed by atoms with Gasteiger partial charge in [-0.05, 0) is 34.9 Å². The van der Waals surface area contributed by atoms with Crippen molar-refractivity contribution in [2.45, 2.75) is 0 Å². The third kappa shape index (κ3) is 2.50. The first-order valence-corrected chi connectivity index (χ1v) is 6.02. The summed E-state index contributed by atoms with van der Waals surface area (Å²) < 4.78 is 5.09. The van der Waals surface area contributed by atoms with E-state index in [0.717, 1.165) is 11.1 Å². The second kappa shape index (κ2) is 5.42. The van der Waals surface area contributed by atoms with Crippen molar-refractivity contribution in [3.8, 4) is 16.9 Å². The van der Waals surface area contributed by atoms with Crippen LogP contribution in [0, 0.1) is 0 Å². The molecule has 2 aromatic rings. The van der Waals surface area contributed by atoms with Crippen LogP contribution >= 0.6 is 23.2 Å². The summed E-state index contributed by atoms with van der Waals surface area (Å²) >= 11 is 11.6. The maximum absolute atomic E-state index is 11.4. The molecule has 0 heterocycles. The minimum absolute atomic E-state index is 0.269. The van der Waals surface area contributed by atoms with Crippen LogP contribution in [0.15, 0.2) is 42.5 Å². The van der Waals surface area contributed by atoms with Gasteiger partial charge in [0.2, 0.25) is 0 Å². The predicted octanol–water partition coefficient (Wildman–Crippen LogP) is 4.39. The molecule has 18 heavy (non-hydrogen) atoms. The van der Waals surface area contributed by atoms with Crippen molar-refractivity contribution in [1.29, 1.82) is 0 Å². The summed E-state index contributed by atoms with van der Waals surface area (Å²) in [7, 11) is 1.45. The highest BCUT2D eigenvalue weighted by Gasteiger charge is 2.15. The van der Waals surface area contributed by atoms with Gasteiger partial charge in [-0.3, -0.25) is 4.79 Å².